The molecule has 3 rings (SSSR count). The Labute approximate surface area is 175 Å². The topological polar surface area (TPSA) is 70.9 Å². The molecular formula is C21H16BrClN2O3. The number of phenols is 1. The Hall–Kier alpha value is -2.83. The number of rotatable bonds is 6. The highest BCUT2D eigenvalue weighted by Crippen LogP contribution is 2.22. The van der Waals surface area contributed by atoms with Crippen molar-refractivity contribution in [1.29, 1.82) is 0 Å². The molecule has 28 heavy (non-hydrogen) atoms. The monoisotopic (exact) mass is 458 g/mol. The van der Waals surface area contributed by atoms with Crippen LogP contribution in [0.15, 0.2) is 76.3 Å². The van der Waals surface area contributed by atoms with Gasteiger partial charge in [0.25, 0.3) is 5.91 Å². The van der Waals surface area contributed by atoms with Gasteiger partial charge in [-0.3, -0.25) is 4.79 Å². The summed E-state index contributed by atoms with van der Waals surface area (Å²) in [7, 11) is 0. The Kier molecular flexibility index (Phi) is 6.68. The molecule has 0 atom stereocenters. The van der Waals surface area contributed by atoms with E-state index in [4.69, 9.17) is 16.3 Å². The van der Waals surface area contributed by atoms with Crippen molar-refractivity contribution in [3.05, 3.63) is 92.9 Å². The molecule has 1 amide bonds. The number of ether oxygens (including phenoxy) is 1. The first-order valence-corrected chi connectivity index (χ1v) is 9.49. The maximum atomic E-state index is 12.2. The van der Waals surface area contributed by atoms with E-state index in [2.05, 4.69) is 26.5 Å². The molecule has 0 spiro atoms. The number of hydrazone groups is 1. The highest BCUT2D eigenvalue weighted by molar-refractivity contribution is 9.10. The summed E-state index contributed by atoms with van der Waals surface area (Å²) in [5.74, 6) is -0.0467. The lowest BCUT2D eigenvalue weighted by atomic mass is 10.2. The van der Waals surface area contributed by atoms with Gasteiger partial charge in [-0.1, -0.05) is 57.9 Å². The maximum Gasteiger partial charge on any atom is 0.275 e. The third kappa shape index (κ3) is 5.12. The molecule has 0 bridgehead atoms. The third-order valence-electron chi connectivity index (χ3n) is 3.83. The molecule has 0 aliphatic carbocycles. The van der Waals surface area contributed by atoms with Crippen LogP contribution >= 0.6 is 27.5 Å². The van der Waals surface area contributed by atoms with E-state index >= 15 is 0 Å². The molecule has 2 N–H and O–H groups in total. The molecule has 0 aromatic heterocycles. The van der Waals surface area contributed by atoms with Crippen molar-refractivity contribution in [1.82, 2.24) is 5.43 Å². The summed E-state index contributed by atoms with van der Waals surface area (Å²) in [6, 6.07) is 19.3. The van der Waals surface area contributed by atoms with Crippen LogP contribution in [0.25, 0.3) is 0 Å². The minimum atomic E-state index is -0.524. The predicted octanol–water partition coefficient (Wildman–Crippen LogP) is 5.15. The Balaban J connectivity index is 1.68. The Morgan fingerprint density at radius 1 is 1.14 bits per heavy atom. The maximum absolute atomic E-state index is 12.2. The number of hydrogen-bond acceptors (Lipinski definition) is 4. The van der Waals surface area contributed by atoms with Crippen molar-refractivity contribution < 1.29 is 14.6 Å². The van der Waals surface area contributed by atoms with Crippen LogP contribution in [0.4, 0.5) is 0 Å². The van der Waals surface area contributed by atoms with Crippen LogP contribution in [-0.4, -0.2) is 17.2 Å². The van der Waals surface area contributed by atoms with Gasteiger partial charge in [0.05, 0.1) is 11.8 Å². The smallest absolute Gasteiger partial charge is 0.275 e. The van der Waals surface area contributed by atoms with E-state index in [1.807, 2.05) is 36.4 Å². The lowest BCUT2D eigenvalue weighted by Gasteiger charge is -2.10. The second kappa shape index (κ2) is 9.39. The van der Waals surface area contributed by atoms with Crippen LogP contribution in [0.1, 0.15) is 21.5 Å². The minimum absolute atomic E-state index is 0.120. The average molecular weight is 460 g/mol. The number of carbonyl (C=O) groups is 1. The third-order valence-corrected chi connectivity index (χ3v) is 4.69. The van der Waals surface area contributed by atoms with Gasteiger partial charge in [-0.25, -0.2) is 5.43 Å². The van der Waals surface area contributed by atoms with Gasteiger partial charge in [0, 0.05) is 20.6 Å². The molecule has 0 radical (unpaired) electrons. The zero-order chi connectivity index (χ0) is 19.9. The fourth-order valence-corrected chi connectivity index (χ4v) is 2.95. The number of para-hydroxylation sites is 1. The number of halogens is 2. The fraction of sp³-hybridized carbons (Fsp3) is 0.0476. The van der Waals surface area contributed by atoms with Crippen LogP contribution in [0.5, 0.6) is 11.5 Å². The molecule has 0 heterocycles. The zero-order valence-electron chi connectivity index (χ0n) is 14.6. The lowest BCUT2D eigenvalue weighted by Crippen LogP contribution is -2.17. The molecular weight excluding hydrogens is 444 g/mol. The predicted molar refractivity (Wildman–Crippen MR) is 113 cm³/mol. The summed E-state index contributed by atoms with van der Waals surface area (Å²) in [4.78, 5) is 12.2. The van der Waals surface area contributed by atoms with Crippen LogP contribution < -0.4 is 10.2 Å². The standard InChI is InChI=1S/C21H16BrClN2O3/c22-16-9-10-19(26)17(11-16)21(27)25-24-12-14-5-2-4-8-20(14)28-13-15-6-1-3-7-18(15)23/h1-12,26H,13H2,(H,25,27)/b24-12+. The molecule has 142 valence electrons. The van der Waals surface area contributed by atoms with Gasteiger partial charge >= 0.3 is 0 Å². The summed E-state index contributed by atoms with van der Waals surface area (Å²) < 4.78 is 6.52. The van der Waals surface area contributed by atoms with E-state index in [0.29, 0.717) is 27.4 Å². The number of phenolic OH excluding ortho intramolecular Hbond substituents is 1. The van der Waals surface area contributed by atoms with E-state index in [-0.39, 0.29) is 11.3 Å². The quantitative estimate of drug-likeness (QED) is 0.395. The molecule has 0 aliphatic heterocycles. The zero-order valence-corrected chi connectivity index (χ0v) is 16.9. The summed E-state index contributed by atoms with van der Waals surface area (Å²) in [5, 5.41) is 14.4. The Bertz CT molecular complexity index is 1020. The highest BCUT2D eigenvalue weighted by Gasteiger charge is 2.11. The second-order valence-electron chi connectivity index (χ2n) is 5.78. The van der Waals surface area contributed by atoms with Crippen LogP contribution in [0, 0.1) is 0 Å². The first-order valence-electron chi connectivity index (χ1n) is 8.32. The highest BCUT2D eigenvalue weighted by atomic mass is 79.9. The number of amides is 1. The number of nitrogens with zero attached hydrogens (tertiary/aromatic N) is 1. The number of benzene rings is 3. The van der Waals surface area contributed by atoms with Gasteiger partial charge in [-0.15, -0.1) is 0 Å². The van der Waals surface area contributed by atoms with Crippen LogP contribution in [0.3, 0.4) is 0 Å². The fourth-order valence-electron chi connectivity index (χ4n) is 2.40. The lowest BCUT2D eigenvalue weighted by molar-refractivity contribution is 0.0952. The Morgan fingerprint density at radius 2 is 1.89 bits per heavy atom. The van der Waals surface area contributed by atoms with Crippen LogP contribution in [0.2, 0.25) is 5.02 Å². The van der Waals surface area contributed by atoms with E-state index < -0.39 is 5.91 Å². The van der Waals surface area contributed by atoms with Crippen LogP contribution in [-0.2, 0) is 6.61 Å². The van der Waals surface area contributed by atoms with Crippen molar-refractivity contribution >= 4 is 39.7 Å². The number of nitrogens with one attached hydrogen (secondary N) is 1. The summed E-state index contributed by atoms with van der Waals surface area (Å²) in [5.41, 5.74) is 4.08. The second-order valence-corrected chi connectivity index (χ2v) is 7.10. The summed E-state index contributed by atoms with van der Waals surface area (Å²) >= 11 is 9.42. The van der Waals surface area contributed by atoms with E-state index in [1.54, 1.807) is 18.2 Å². The van der Waals surface area contributed by atoms with Gasteiger partial charge in [0.1, 0.15) is 18.1 Å². The SMILES string of the molecule is O=C(N/N=C/c1ccccc1OCc1ccccc1Cl)c1cc(Br)ccc1O. The molecule has 7 heteroatoms. The largest absolute Gasteiger partial charge is 0.507 e. The minimum Gasteiger partial charge on any atom is -0.507 e. The summed E-state index contributed by atoms with van der Waals surface area (Å²) in [6.45, 7) is 0.308. The molecule has 0 saturated heterocycles. The normalized spacial score (nSPS) is 10.8. The van der Waals surface area contributed by atoms with Crippen molar-refractivity contribution in [3.63, 3.8) is 0 Å². The van der Waals surface area contributed by atoms with E-state index in [0.717, 1.165) is 5.56 Å². The first kappa shape index (κ1) is 19.9. The molecule has 3 aromatic rings. The van der Waals surface area contributed by atoms with E-state index in [1.165, 1.54) is 18.3 Å². The molecule has 0 fully saturated rings. The number of aromatic hydroxyl groups is 1. The Morgan fingerprint density at radius 3 is 2.71 bits per heavy atom. The number of hydrogen-bond donors (Lipinski definition) is 2. The van der Waals surface area contributed by atoms with Gasteiger partial charge in [-0.05, 0) is 36.4 Å². The van der Waals surface area contributed by atoms with Crippen molar-refractivity contribution in [3.8, 4) is 11.5 Å². The van der Waals surface area contributed by atoms with Crippen molar-refractivity contribution in [2.45, 2.75) is 6.61 Å². The van der Waals surface area contributed by atoms with Gasteiger partial charge in [-0.2, -0.15) is 5.10 Å². The average Bonchev–Trinajstić information content (AvgIpc) is 2.70. The van der Waals surface area contributed by atoms with Gasteiger partial charge in [0.2, 0.25) is 0 Å². The molecule has 3 aromatic carbocycles. The molecule has 0 saturated carbocycles. The molecule has 5 nitrogen and oxygen atoms in total. The van der Waals surface area contributed by atoms with Gasteiger partial charge in [0.15, 0.2) is 0 Å². The first-order chi connectivity index (χ1) is 13.5. The molecule has 0 aliphatic rings. The van der Waals surface area contributed by atoms with Crippen molar-refractivity contribution in [2.24, 2.45) is 5.10 Å². The summed E-state index contributed by atoms with van der Waals surface area (Å²) in [6.07, 6.45) is 1.48. The van der Waals surface area contributed by atoms with Gasteiger partial charge < -0.3 is 9.84 Å². The van der Waals surface area contributed by atoms with E-state index in [9.17, 15) is 9.90 Å². The number of carbonyl (C=O) groups excluding carboxylic acids is 1. The van der Waals surface area contributed by atoms with Crippen molar-refractivity contribution in [2.75, 3.05) is 0 Å². The molecule has 0 unspecified atom stereocenters.